The third-order valence-electron chi connectivity index (χ3n) is 1.32. The summed E-state index contributed by atoms with van der Waals surface area (Å²) < 4.78 is 24.0. The fourth-order valence-corrected chi connectivity index (χ4v) is 1.48. The van der Waals surface area contributed by atoms with Crippen molar-refractivity contribution in [3.63, 3.8) is 0 Å². The second-order valence-corrected chi connectivity index (χ2v) is 4.49. The van der Waals surface area contributed by atoms with Gasteiger partial charge in [-0.25, -0.2) is 8.42 Å². The molecule has 0 radical (unpaired) electrons. The van der Waals surface area contributed by atoms with Gasteiger partial charge in [-0.1, -0.05) is 12.1 Å². The molecule has 0 aliphatic rings. The normalized spacial score (nSPS) is 10.0. The molecular weight excluding hydrogens is 200 g/mol. The Bertz CT molecular complexity index is 374. The number of rotatable bonds is 2. The minimum Gasteiger partial charge on any atom is -0.333 e. The summed E-state index contributed by atoms with van der Waals surface area (Å²) in [6.07, 6.45) is 1.13. The van der Waals surface area contributed by atoms with Gasteiger partial charge in [0.25, 0.3) is 0 Å². The van der Waals surface area contributed by atoms with E-state index in [2.05, 4.69) is 10.5 Å². The Morgan fingerprint density at radius 1 is 1.29 bits per heavy atom. The largest absolute Gasteiger partial charge is 0.333 e. The van der Waals surface area contributed by atoms with Crippen LogP contribution < -0.4 is 10.5 Å². The monoisotopic (exact) mass is 216 g/mol. The number of anilines is 1. The van der Waals surface area contributed by atoms with E-state index in [4.69, 9.17) is 0 Å². The molecule has 1 aromatic carbocycles. The number of nitrogens with two attached hydrogens (primary N) is 1. The number of hydrogen-bond acceptors (Lipinski definition) is 3. The van der Waals surface area contributed by atoms with Gasteiger partial charge in [0.1, 0.15) is 0 Å². The fourth-order valence-electron chi connectivity index (χ4n) is 0.923. The van der Waals surface area contributed by atoms with Gasteiger partial charge >= 0.3 is 0 Å². The Balaban J connectivity index is 0.000000791. The maximum absolute atomic E-state index is 10.8. The summed E-state index contributed by atoms with van der Waals surface area (Å²) in [5.41, 5.74) is 6.14. The van der Waals surface area contributed by atoms with Gasteiger partial charge in [-0.05, 0) is 31.7 Å². The Kier molecular flexibility index (Phi) is 5.19. The predicted octanol–water partition coefficient (Wildman–Crippen LogP) is 0.941. The number of nitrogens with one attached hydrogen (secondary N) is 1. The van der Waals surface area contributed by atoms with Crippen molar-refractivity contribution >= 4 is 15.7 Å². The summed E-state index contributed by atoms with van der Waals surface area (Å²) in [6, 6.07) is 7.21. The number of benzene rings is 1. The topological polar surface area (TPSA) is 72.2 Å². The van der Waals surface area contributed by atoms with Gasteiger partial charge in [-0.15, -0.1) is 0 Å². The van der Waals surface area contributed by atoms with Gasteiger partial charge in [0.05, 0.1) is 6.26 Å². The highest BCUT2D eigenvalue weighted by atomic mass is 32.2. The molecule has 3 N–H and O–H groups in total. The maximum Gasteiger partial charge on any atom is 0.229 e. The smallest absolute Gasteiger partial charge is 0.229 e. The van der Waals surface area contributed by atoms with Crippen LogP contribution in [0.15, 0.2) is 24.3 Å². The standard InChI is InChI=1S/C8H11NO2S.CH5N/c1-7-4-3-5-8(6-7)9-12(2,10)11;1-2/h3-6,9H,1-2H3;2H2,1H3. The van der Waals surface area contributed by atoms with Crippen LogP contribution in [0.1, 0.15) is 5.56 Å². The molecule has 0 fully saturated rings. The lowest BCUT2D eigenvalue weighted by atomic mass is 10.2. The number of sulfonamides is 1. The van der Waals surface area contributed by atoms with Crippen molar-refractivity contribution in [3.05, 3.63) is 29.8 Å². The average molecular weight is 216 g/mol. The van der Waals surface area contributed by atoms with Gasteiger partial charge in [-0.2, -0.15) is 0 Å². The highest BCUT2D eigenvalue weighted by molar-refractivity contribution is 7.92. The maximum atomic E-state index is 10.8. The Labute approximate surface area is 85.2 Å². The molecule has 0 saturated heterocycles. The lowest BCUT2D eigenvalue weighted by Gasteiger charge is -2.03. The third-order valence-corrected chi connectivity index (χ3v) is 1.93. The van der Waals surface area contributed by atoms with Crippen LogP contribution in [-0.2, 0) is 10.0 Å². The molecule has 0 bridgehead atoms. The molecule has 1 rings (SSSR count). The van der Waals surface area contributed by atoms with Crippen molar-refractivity contribution in [2.45, 2.75) is 6.92 Å². The van der Waals surface area contributed by atoms with E-state index in [9.17, 15) is 8.42 Å². The van der Waals surface area contributed by atoms with Crippen LogP contribution in [-0.4, -0.2) is 21.7 Å². The zero-order valence-electron chi connectivity index (χ0n) is 8.61. The van der Waals surface area contributed by atoms with Gasteiger partial charge in [0.2, 0.25) is 10.0 Å². The third kappa shape index (κ3) is 5.55. The van der Waals surface area contributed by atoms with Gasteiger partial charge < -0.3 is 5.73 Å². The molecule has 0 unspecified atom stereocenters. The van der Waals surface area contributed by atoms with Crippen LogP contribution in [0, 0.1) is 6.92 Å². The Morgan fingerprint density at radius 3 is 2.29 bits per heavy atom. The van der Waals surface area contributed by atoms with Gasteiger partial charge in [-0.3, -0.25) is 4.72 Å². The van der Waals surface area contributed by atoms with Crippen LogP contribution in [0.4, 0.5) is 5.69 Å². The number of hydrogen-bond donors (Lipinski definition) is 2. The molecule has 5 heteroatoms. The van der Waals surface area contributed by atoms with Gasteiger partial charge in [0.15, 0.2) is 0 Å². The summed E-state index contributed by atoms with van der Waals surface area (Å²) in [4.78, 5) is 0. The van der Waals surface area contributed by atoms with Crippen molar-refractivity contribution in [3.8, 4) is 0 Å². The van der Waals surface area contributed by atoms with Crippen LogP contribution in [0.5, 0.6) is 0 Å². The zero-order chi connectivity index (χ0) is 11.2. The van der Waals surface area contributed by atoms with Crippen molar-refractivity contribution in [2.24, 2.45) is 5.73 Å². The first-order chi connectivity index (χ1) is 6.47. The zero-order valence-corrected chi connectivity index (χ0v) is 9.43. The first kappa shape index (κ1) is 12.9. The number of aryl methyl sites for hydroxylation is 1. The van der Waals surface area contributed by atoms with E-state index in [1.807, 2.05) is 19.1 Å². The SMILES string of the molecule is CN.Cc1cccc(NS(C)(=O)=O)c1. The quantitative estimate of drug-likeness (QED) is 0.773. The molecule has 0 spiro atoms. The molecule has 0 aromatic heterocycles. The minimum absolute atomic E-state index is 0.609. The second kappa shape index (κ2) is 5.62. The van der Waals surface area contributed by atoms with Crippen LogP contribution in [0.2, 0.25) is 0 Å². The highest BCUT2D eigenvalue weighted by Gasteiger charge is 1.99. The average Bonchev–Trinajstić information content (AvgIpc) is 2.04. The molecule has 1 aromatic rings. The Morgan fingerprint density at radius 2 is 1.86 bits per heavy atom. The summed E-state index contributed by atoms with van der Waals surface area (Å²) in [5.74, 6) is 0. The van der Waals surface area contributed by atoms with Crippen molar-refractivity contribution < 1.29 is 8.42 Å². The van der Waals surface area contributed by atoms with E-state index in [0.29, 0.717) is 5.69 Å². The molecule has 0 aliphatic heterocycles. The predicted molar refractivity (Wildman–Crippen MR) is 59.8 cm³/mol. The van der Waals surface area contributed by atoms with Crippen LogP contribution in [0.3, 0.4) is 0 Å². The van der Waals surface area contributed by atoms with Crippen molar-refractivity contribution in [1.29, 1.82) is 0 Å². The summed E-state index contributed by atoms with van der Waals surface area (Å²) in [5, 5.41) is 0. The van der Waals surface area contributed by atoms with E-state index in [0.717, 1.165) is 11.8 Å². The van der Waals surface area contributed by atoms with Crippen molar-refractivity contribution in [2.75, 3.05) is 18.0 Å². The summed E-state index contributed by atoms with van der Waals surface area (Å²) >= 11 is 0. The van der Waals surface area contributed by atoms with Crippen LogP contribution >= 0.6 is 0 Å². The van der Waals surface area contributed by atoms with Crippen molar-refractivity contribution in [1.82, 2.24) is 0 Å². The second-order valence-electron chi connectivity index (χ2n) is 2.74. The molecule has 0 amide bonds. The van der Waals surface area contributed by atoms with E-state index in [1.165, 1.54) is 7.05 Å². The lowest BCUT2D eigenvalue weighted by molar-refractivity contribution is 0.607. The van der Waals surface area contributed by atoms with Gasteiger partial charge in [0, 0.05) is 5.69 Å². The van der Waals surface area contributed by atoms with E-state index in [1.54, 1.807) is 12.1 Å². The highest BCUT2D eigenvalue weighted by Crippen LogP contribution is 2.10. The Hall–Kier alpha value is -1.07. The molecular formula is C9H16N2O2S. The summed E-state index contributed by atoms with van der Waals surface area (Å²) in [7, 11) is -1.64. The fraction of sp³-hybridized carbons (Fsp3) is 0.333. The van der Waals surface area contributed by atoms with Crippen LogP contribution in [0.25, 0.3) is 0 Å². The molecule has 80 valence electrons. The molecule has 0 aliphatic carbocycles. The molecule has 4 nitrogen and oxygen atoms in total. The molecule has 0 atom stereocenters. The minimum atomic E-state index is -3.14. The van der Waals surface area contributed by atoms with E-state index in [-0.39, 0.29) is 0 Å². The van der Waals surface area contributed by atoms with E-state index < -0.39 is 10.0 Å². The first-order valence-corrected chi connectivity index (χ1v) is 5.99. The molecule has 0 saturated carbocycles. The first-order valence-electron chi connectivity index (χ1n) is 4.09. The summed E-state index contributed by atoms with van der Waals surface area (Å²) in [6.45, 7) is 1.91. The lowest BCUT2D eigenvalue weighted by Crippen LogP contribution is -2.09. The molecule has 0 heterocycles. The molecule has 14 heavy (non-hydrogen) atoms. The van der Waals surface area contributed by atoms with E-state index >= 15 is 0 Å².